The second-order valence-corrected chi connectivity index (χ2v) is 7.58. The van der Waals surface area contributed by atoms with Gasteiger partial charge in [0.25, 0.3) is 5.91 Å². The number of rotatable bonds is 3. The zero-order valence-electron chi connectivity index (χ0n) is 15.3. The molecule has 1 atom stereocenters. The molecule has 0 aliphatic carbocycles. The summed E-state index contributed by atoms with van der Waals surface area (Å²) in [4.78, 5) is 15.2. The van der Waals surface area contributed by atoms with E-state index in [1.165, 1.54) is 25.7 Å². The standard InChI is InChI=1S/C20H30FN2O/c1-4-23(11-7-5-6-8-12-23)18-9-10-22(20(18)24)19-15(2)13-17(21)14-16(19)3/h13-14,18H,4-12H2,1-3H3/q+1. The van der Waals surface area contributed by atoms with E-state index in [9.17, 15) is 9.18 Å². The molecule has 2 aliphatic heterocycles. The molecule has 2 heterocycles. The minimum Gasteiger partial charge on any atom is -0.314 e. The molecule has 2 saturated heterocycles. The number of likely N-dealkylation sites (N-methyl/N-ethyl adjacent to an activating group) is 1. The van der Waals surface area contributed by atoms with E-state index in [1.807, 2.05) is 18.7 Å². The number of likely N-dealkylation sites (tertiary alicyclic amines) is 1. The number of nitrogens with zero attached hydrogens (tertiary/aromatic N) is 2. The molecular weight excluding hydrogens is 303 g/mol. The molecule has 0 radical (unpaired) electrons. The normalized spacial score (nSPS) is 24.2. The Balaban J connectivity index is 1.90. The van der Waals surface area contributed by atoms with Crippen molar-refractivity contribution in [2.75, 3.05) is 31.1 Å². The van der Waals surface area contributed by atoms with Gasteiger partial charge in [-0.3, -0.25) is 4.79 Å². The van der Waals surface area contributed by atoms with E-state index in [0.29, 0.717) is 0 Å². The molecule has 4 heteroatoms. The Morgan fingerprint density at radius 1 is 1.12 bits per heavy atom. The zero-order chi connectivity index (χ0) is 17.3. The summed E-state index contributed by atoms with van der Waals surface area (Å²) in [6, 6.07) is 3.16. The molecule has 2 fully saturated rings. The monoisotopic (exact) mass is 333 g/mol. The van der Waals surface area contributed by atoms with Gasteiger partial charge in [0.15, 0.2) is 6.04 Å². The first kappa shape index (κ1) is 17.4. The maximum Gasteiger partial charge on any atom is 0.285 e. The summed E-state index contributed by atoms with van der Waals surface area (Å²) in [6.07, 6.45) is 5.96. The van der Waals surface area contributed by atoms with Crippen LogP contribution in [0.25, 0.3) is 0 Å². The topological polar surface area (TPSA) is 20.3 Å². The van der Waals surface area contributed by atoms with E-state index in [0.717, 1.165) is 53.9 Å². The van der Waals surface area contributed by atoms with Crippen LogP contribution in [-0.2, 0) is 4.79 Å². The van der Waals surface area contributed by atoms with Gasteiger partial charge in [0.2, 0.25) is 0 Å². The number of quaternary nitrogens is 1. The quantitative estimate of drug-likeness (QED) is 0.767. The molecule has 1 aromatic carbocycles. The second-order valence-electron chi connectivity index (χ2n) is 7.58. The highest BCUT2D eigenvalue weighted by Crippen LogP contribution is 2.34. The van der Waals surface area contributed by atoms with Crippen LogP contribution in [-0.4, -0.2) is 42.6 Å². The molecule has 24 heavy (non-hydrogen) atoms. The minimum absolute atomic E-state index is 0.0805. The van der Waals surface area contributed by atoms with Crippen molar-refractivity contribution in [2.45, 2.75) is 58.9 Å². The Morgan fingerprint density at radius 2 is 1.71 bits per heavy atom. The molecular formula is C20H30FN2O+. The number of carbonyl (C=O) groups excluding carboxylic acids is 1. The van der Waals surface area contributed by atoms with Gasteiger partial charge in [-0.2, -0.15) is 0 Å². The predicted octanol–water partition coefficient (Wildman–Crippen LogP) is 3.96. The number of halogens is 1. The van der Waals surface area contributed by atoms with Gasteiger partial charge < -0.3 is 9.38 Å². The third-order valence-corrected chi connectivity index (χ3v) is 6.15. The number of carbonyl (C=O) groups is 1. The van der Waals surface area contributed by atoms with Gasteiger partial charge in [-0.25, -0.2) is 4.39 Å². The first-order valence-electron chi connectivity index (χ1n) is 9.42. The minimum atomic E-state index is -0.221. The highest BCUT2D eigenvalue weighted by Gasteiger charge is 2.47. The third kappa shape index (κ3) is 2.97. The molecule has 2 aliphatic rings. The van der Waals surface area contributed by atoms with Gasteiger partial charge in [-0.15, -0.1) is 0 Å². The Morgan fingerprint density at radius 3 is 2.25 bits per heavy atom. The summed E-state index contributed by atoms with van der Waals surface area (Å²) in [5.74, 6) is 0.0260. The molecule has 3 nitrogen and oxygen atoms in total. The van der Waals surface area contributed by atoms with E-state index in [4.69, 9.17) is 0 Å². The summed E-state index contributed by atoms with van der Waals surface area (Å²) < 4.78 is 14.6. The van der Waals surface area contributed by atoms with Gasteiger partial charge in [0.05, 0.1) is 19.6 Å². The molecule has 132 valence electrons. The van der Waals surface area contributed by atoms with Crippen molar-refractivity contribution < 1.29 is 13.7 Å². The van der Waals surface area contributed by atoms with Crippen LogP contribution in [0.5, 0.6) is 0 Å². The number of hydrogen-bond acceptors (Lipinski definition) is 1. The second kappa shape index (κ2) is 6.83. The number of amides is 1. The average Bonchev–Trinajstić information content (AvgIpc) is 2.77. The van der Waals surface area contributed by atoms with Crippen LogP contribution in [0.1, 0.15) is 50.2 Å². The lowest BCUT2D eigenvalue weighted by atomic mass is 10.1. The van der Waals surface area contributed by atoms with Crippen molar-refractivity contribution in [1.29, 1.82) is 0 Å². The number of anilines is 1. The molecule has 0 N–H and O–H groups in total. The lowest BCUT2D eigenvalue weighted by Gasteiger charge is -2.41. The van der Waals surface area contributed by atoms with Crippen LogP contribution in [0.3, 0.4) is 0 Å². The lowest BCUT2D eigenvalue weighted by Crippen LogP contribution is -2.58. The van der Waals surface area contributed by atoms with Crippen molar-refractivity contribution in [1.82, 2.24) is 0 Å². The molecule has 0 bridgehead atoms. The fourth-order valence-corrected chi connectivity index (χ4v) is 4.89. The first-order chi connectivity index (χ1) is 11.5. The van der Waals surface area contributed by atoms with E-state index in [1.54, 1.807) is 12.1 Å². The fraction of sp³-hybridized carbons (Fsp3) is 0.650. The molecule has 0 spiro atoms. The largest absolute Gasteiger partial charge is 0.314 e. The molecule has 3 rings (SSSR count). The fourth-order valence-electron chi connectivity index (χ4n) is 4.89. The Labute approximate surface area is 145 Å². The van der Waals surface area contributed by atoms with Crippen LogP contribution in [0.2, 0.25) is 0 Å². The number of hydrogen-bond donors (Lipinski definition) is 0. The zero-order valence-corrected chi connectivity index (χ0v) is 15.3. The van der Waals surface area contributed by atoms with E-state index < -0.39 is 0 Å². The smallest absolute Gasteiger partial charge is 0.285 e. The van der Waals surface area contributed by atoms with Crippen molar-refractivity contribution in [3.8, 4) is 0 Å². The number of benzene rings is 1. The van der Waals surface area contributed by atoms with Crippen LogP contribution in [0.4, 0.5) is 10.1 Å². The Hall–Kier alpha value is -1.42. The Bertz CT molecular complexity index is 597. The van der Waals surface area contributed by atoms with Crippen molar-refractivity contribution in [3.05, 3.63) is 29.1 Å². The van der Waals surface area contributed by atoms with Gasteiger partial charge in [-0.1, -0.05) is 0 Å². The maximum atomic E-state index is 13.6. The summed E-state index contributed by atoms with van der Waals surface area (Å²) in [7, 11) is 0. The highest BCUT2D eigenvalue weighted by atomic mass is 19.1. The van der Waals surface area contributed by atoms with Crippen LogP contribution in [0.15, 0.2) is 12.1 Å². The molecule has 1 aromatic rings. The van der Waals surface area contributed by atoms with Crippen LogP contribution >= 0.6 is 0 Å². The third-order valence-electron chi connectivity index (χ3n) is 6.15. The van der Waals surface area contributed by atoms with Gasteiger partial charge >= 0.3 is 0 Å². The maximum absolute atomic E-state index is 13.6. The molecule has 0 aromatic heterocycles. The Kier molecular flexibility index (Phi) is 4.95. The number of aryl methyl sites for hydroxylation is 2. The molecule has 1 amide bonds. The molecule has 0 saturated carbocycles. The summed E-state index contributed by atoms with van der Waals surface area (Å²) in [5.41, 5.74) is 2.65. The van der Waals surface area contributed by atoms with Crippen molar-refractivity contribution >= 4 is 11.6 Å². The highest BCUT2D eigenvalue weighted by molar-refractivity contribution is 6.00. The van der Waals surface area contributed by atoms with E-state index >= 15 is 0 Å². The van der Waals surface area contributed by atoms with Crippen LogP contribution < -0.4 is 4.90 Å². The van der Waals surface area contributed by atoms with Crippen molar-refractivity contribution in [2.24, 2.45) is 0 Å². The summed E-state index contributed by atoms with van der Waals surface area (Å²) >= 11 is 0. The van der Waals surface area contributed by atoms with Gasteiger partial charge in [0.1, 0.15) is 5.82 Å². The molecule has 1 unspecified atom stereocenters. The summed E-state index contributed by atoms with van der Waals surface area (Å²) in [5, 5.41) is 0. The SMILES string of the molecule is CC[N+]1(C2CCN(c3c(C)cc(F)cc3C)C2=O)CCCCCC1. The first-order valence-corrected chi connectivity index (χ1v) is 9.42. The summed E-state index contributed by atoms with van der Waals surface area (Å²) in [6.45, 7) is 10.1. The van der Waals surface area contributed by atoms with Crippen LogP contribution in [0, 0.1) is 19.7 Å². The van der Waals surface area contributed by atoms with E-state index in [2.05, 4.69) is 6.92 Å². The lowest BCUT2D eigenvalue weighted by molar-refractivity contribution is -0.939. The predicted molar refractivity (Wildman–Crippen MR) is 95.6 cm³/mol. The van der Waals surface area contributed by atoms with E-state index in [-0.39, 0.29) is 17.8 Å². The van der Waals surface area contributed by atoms with Crippen molar-refractivity contribution in [3.63, 3.8) is 0 Å². The van der Waals surface area contributed by atoms with Gasteiger partial charge in [0, 0.05) is 18.7 Å². The average molecular weight is 333 g/mol. The van der Waals surface area contributed by atoms with Gasteiger partial charge in [-0.05, 0) is 69.7 Å².